The molecule has 0 bridgehead atoms. The van der Waals surface area contributed by atoms with Crippen LogP contribution in [0, 0.1) is 0 Å². The van der Waals surface area contributed by atoms with Crippen LogP contribution in [0.25, 0.3) is 0 Å². The van der Waals surface area contributed by atoms with Gasteiger partial charge < -0.3 is 53.1 Å². The van der Waals surface area contributed by atoms with E-state index in [1.165, 1.54) is 0 Å². The largest absolute Gasteiger partial charge is 2.00 e. The third-order valence-electron chi connectivity index (χ3n) is 1.82. The summed E-state index contributed by atoms with van der Waals surface area (Å²) in [5, 5.41) is 27.5. The van der Waals surface area contributed by atoms with Crippen molar-refractivity contribution >= 4 is 21.4 Å². The summed E-state index contributed by atoms with van der Waals surface area (Å²) in [5.74, 6) is -1.48. The number of ketones is 1. The normalized spacial score (nSPS) is 16.0. The molecule has 0 rings (SSSR count). The minimum atomic E-state index is -5.47. The summed E-state index contributed by atoms with van der Waals surface area (Å²) in [5.41, 5.74) is 0. The van der Waals surface area contributed by atoms with Gasteiger partial charge in [-0.3, -0.25) is 4.79 Å². The average molecular weight is 467 g/mol. The molecule has 0 saturated heterocycles. The zero-order valence-electron chi connectivity index (χ0n) is 11.0. The Morgan fingerprint density at radius 1 is 0.955 bits per heavy atom. The molecule has 16 heteroatoms. The van der Waals surface area contributed by atoms with Crippen molar-refractivity contribution in [2.45, 2.75) is 18.3 Å². The molecule has 0 aliphatic rings. The van der Waals surface area contributed by atoms with E-state index >= 15 is 0 Å². The maximum atomic E-state index is 11.1. The summed E-state index contributed by atoms with van der Waals surface area (Å²) < 4.78 is 27.3. The quantitative estimate of drug-likeness (QED) is 0.213. The van der Waals surface area contributed by atoms with Crippen molar-refractivity contribution in [1.82, 2.24) is 0 Å². The first-order valence-corrected chi connectivity index (χ1v) is 7.65. The average Bonchev–Trinajstić information content (AvgIpc) is 2.29. The molecule has 3 unspecified atom stereocenters. The van der Waals surface area contributed by atoms with Gasteiger partial charge in [0.05, 0.1) is 22.3 Å². The Morgan fingerprint density at radius 2 is 1.36 bits per heavy atom. The second kappa shape index (κ2) is 11.6. The minimum Gasteiger partial charge on any atom is -0.790 e. The van der Waals surface area contributed by atoms with E-state index in [9.17, 15) is 38.6 Å². The smallest absolute Gasteiger partial charge is 0.790 e. The summed E-state index contributed by atoms with van der Waals surface area (Å²) in [4.78, 5) is 51.4. The van der Waals surface area contributed by atoms with E-state index in [1.54, 1.807) is 0 Å². The first kappa shape index (κ1) is 27.8. The zero-order chi connectivity index (χ0) is 16.1. The fraction of sp³-hybridized carbons (Fsp3) is 0.833. The maximum Gasteiger partial charge on any atom is 2.00 e. The van der Waals surface area contributed by atoms with Crippen LogP contribution in [-0.4, -0.2) is 52.6 Å². The van der Waals surface area contributed by atoms with Crippen LogP contribution in [0.1, 0.15) is 0 Å². The van der Waals surface area contributed by atoms with Crippen molar-refractivity contribution in [2.75, 3.05) is 13.2 Å². The number of carbonyl (C=O) groups is 1. The molecule has 0 heterocycles. The van der Waals surface area contributed by atoms with Gasteiger partial charge in [-0.15, -0.1) is 0 Å². The molecule has 22 heavy (non-hydrogen) atoms. The van der Waals surface area contributed by atoms with Crippen molar-refractivity contribution in [1.29, 1.82) is 0 Å². The summed E-state index contributed by atoms with van der Waals surface area (Å²) in [6, 6.07) is 0. The van der Waals surface area contributed by atoms with Crippen molar-refractivity contribution < 1.29 is 96.8 Å². The molecule has 0 aromatic carbocycles. The van der Waals surface area contributed by atoms with Gasteiger partial charge >= 0.3 is 39.0 Å². The van der Waals surface area contributed by atoms with E-state index in [1.807, 2.05) is 0 Å². The van der Waals surface area contributed by atoms with Gasteiger partial charge in [0.2, 0.25) is 0 Å². The minimum absolute atomic E-state index is 0. The Balaban J connectivity index is -0.00000180. The molecule has 0 aliphatic heterocycles. The molecule has 0 radical (unpaired) electrons. The molecule has 0 amide bonds. The van der Waals surface area contributed by atoms with E-state index < -0.39 is 53.0 Å². The molecule has 0 fully saturated rings. The van der Waals surface area contributed by atoms with E-state index in [0.717, 1.165) is 0 Å². The first-order valence-electron chi connectivity index (χ1n) is 4.73. The summed E-state index contributed by atoms with van der Waals surface area (Å²) in [6.45, 7) is -2.63. The summed E-state index contributed by atoms with van der Waals surface area (Å²) in [6.07, 6.45) is -6.83. The van der Waals surface area contributed by atoms with Crippen LogP contribution in [-0.2, 0) is 61.9 Å². The molecule has 12 nitrogen and oxygen atoms in total. The predicted molar refractivity (Wildman–Crippen MR) is 50.1 cm³/mol. The third-order valence-corrected chi connectivity index (χ3v) is 2.73. The molecular formula is C6H10O12P2Zn2. The Labute approximate surface area is 149 Å². The van der Waals surface area contributed by atoms with Crippen molar-refractivity contribution in [3.63, 3.8) is 0 Å². The van der Waals surface area contributed by atoms with E-state index in [4.69, 9.17) is 10.2 Å². The van der Waals surface area contributed by atoms with Gasteiger partial charge in [-0.25, -0.2) is 0 Å². The van der Waals surface area contributed by atoms with Crippen LogP contribution in [0.15, 0.2) is 0 Å². The maximum absolute atomic E-state index is 11.1. The Kier molecular flexibility index (Phi) is 14.6. The van der Waals surface area contributed by atoms with Crippen LogP contribution in [0.3, 0.4) is 0 Å². The summed E-state index contributed by atoms with van der Waals surface area (Å²) in [7, 11) is -10.9. The molecule has 0 aromatic rings. The molecule has 120 valence electrons. The van der Waals surface area contributed by atoms with E-state index in [-0.39, 0.29) is 39.0 Å². The number of phosphoric ester groups is 2. The SMILES string of the molecule is O=C(COP(=O)([O-])[O-])C(O)C(O)C(O)COP(=O)([O-])[O-].[Zn+2].[Zn+2]. The van der Waals surface area contributed by atoms with E-state index in [0.29, 0.717) is 0 Å². The number of aliphatic hydroxyl groups is 3. The molecule has 0 aromatic heterocycles. The van der Waals surface area contributed by atoms with Crippen molar-refractivity contribution in [2.24, 2.45) is 0 Å². The van der Waals surface area contributed by atoms with Gasteiger partial charge in [0.1, 0.15) is 24.9 Å². The van der Waals surface area contributed by atoms with Crippen LogP contribution in [0.4, 0.5) is 0 Å². The van der Waals surface area contributed by atoms with E-state index in [2.05, 4.69) is 9.05 Å². The monoisotopic (exact) mass is 464 g/mol. The Hall–Kier alpha value is 1.02. The Morgan fingerprint density at radius 3 is 1.73 bits per heavy atom. The number of rotatable bonds is 9. The molecule has 3 N–H and O–H groups in total. The molecule has 0 aliphatic carbocycles. The number of hydrogen-bond donors (Lipinski definition) is 3. The van der Waals surface area contributed by atoms with Crippen LogP contribution in [0.5, 0.6) is 0 Å². The predicted octanol–water partition coefficient (Wildman–Crippen LogP) is -5.68. The second-order valence-electron chi connectivity index (χ2n) is 3.43. The second-order valence-corrected chi connectivity index (χ2v) is 5.74. The first-order chi connectivity index (χ1) is 8.83. The molecular weight excluding hydrogens is 457 g/mol. The number of phosphoric acid groups is 2. The van der Waals surface area contributed by atoms with Gasteiger partial charge in [-0.1, -0.05) is 0 Å². The van der Waals surface area contributed by atoms with Crippen molar-refractivity contribution in [3.05, 3.63) is 0 Å². The fourth-order valence-electron chi connectivity index (χ4n) is 0.895. The van der Waals surface area contributed by atoms with Crippen LogP contribution >= 0.6 is 15.6 Å². The number of aliphatic hydroxyl groups excluding tert-OH is 3. The summed E-state index contributed by atoms with van der Waals surface area (Å²) >= 11 is 0. The fourth-order valence-corrected chi connectivity index (χ4v) is 1.52. The third kappa shape index (κ3) is 13.5. The zero-order valence-corrected chi connectivity index (χ0v) is 18.7. The number of Topliss-reactive ketones (excluding diaryl/α,β-unsaturated/α-hetero) is 1. The van der Waals surface area contributed by atoms with Crippen LogP contribution < -0.4 is 19.6 Å². The van der Waals surface area contributed by atoms with Gasteiger partial charge in [0, 0.05) is 0 Å². The van der Waals surface area contributed by atoms with Gasteiger partial charge in [0.25, 0.3) is 0 Å². The van der Waals surface area contributed by atoms with Gasteiger partial charge in [-0.2, -0.15) is 0 Å². The number of hydrogen-bond acceptors (Lipinski definition) is 12. The topological polar surface area (TPSA) is 223 Å². The van der Waals surface area contributed by atoms with Crippen LogP contribution in [0.2, 0.25) is 0 Å². The van der Waals surface area contributed by atoms with Gasteiger partial charge in [-0.05, 0) is 0 Å². The molecule has 3 atom stereocenters. The number of carbonyl (C=O) groups excluding carboxylic acids is 1. The van der Waals surface area contributed by atoms with Gasteiger partial charge in [0.15, 0.2) is 5.78 Å². The van der Waals surface area contributed by atoms with Crippen molar-refractivity contribution in [3.8, 4) is 0 Å². The Bertz CT molecular complexity index is 420. The molecule has 0 spiro atoms. The molecule has 0 saturated carbocycles. The standard InChI is InChI=1S/C6H14O12P2.2Zn/c7-3(1-17-19(11,12)13)5(9)6(10)4(8)2-18-20(14,15)16;;/h3,5-7,9-10H,1-2H2,(H2,11,12,13)(H2,14,15,16);;/q;2*+2/p-4.